The first-order chi connectivity index (χ1) is 12.4. The summed E-state index contributed by atoms with van der Waals surface area (Å²) in [6.07, 6.45) is 0.925. The summed E-state index contributed by atoms with van der Waals surface area (Å²) >= 11 is 0. The number of amides is 3. The van der Waals surface area contributed by atoms with Crippen LogP contribution in [0.2, 0.25) is 0 Å². The molecule has 1 fully saturated rings. The van der Waals surface area contributed by atoms with Crippen LogP contribution in [0.1, 0.15) is 23.9 Å². The molecule has 26 heavy (non-hydrogen) atoms. The van der Waals surface area contributed by atoms with Crippen molar-refractivity contribution in [2.24, 2.45) is 0 Å². The van der Waals surface area contributed by atoms with Crippen molar-refractivity contribution in [3.63, 3.8) is 0 Å². The van der Waals surface area contributed by atoms with Gasteiger partial charge in [-0.2, -0.15) is 0 Å². The number of furan rings is 1. The molecule has 0 aliphatic carbocycles. The number of anilines is 2. The summed E-state index contributed by atoms with van der Waals surface area (Å²) in [6.45, 7) is 1.53. The summed E-state index contributed by atoms with van der Waals surface area (Å²) < 4.78 is 5.02. The van der Waals surface area contributed by atoms with Crippen molar-refractivity contribution >= 4 is 29.1 Å². The maximum absolute atomic E-state index is 12.4. The molecule has 3 amide bonds. The maximum atomic E-state index is 12.4. The second-order valence-electron chi connectivity index (χ2n) is 6.07. The minimum absolute atomic E-state index is 0.158. The van der Waals surface area contributed by atoms with Gasteiger partial charge in [-0.1, -0.05) is 0 Å². The quantitative estimate of drug-likeness (QED) is 0.767. The molecule has 2 aromatic rings. The van der Waals surface area contributed by atoms with Gasteiger partial charge < -0.3 is 25.1 Å². The Hall–Kier alpha value is -3.13. The van der Waals surface area contributed by atoms with Crippen LogP contribution in [0.15, 0.2) is 47.1 Å². The number of likely N-dealkylation sites (tertiary alicyclic amines) is 1. The van der Waals surface area contributed by atoms with Crippen LogP contribution >= 0.6 is 0 Å². The lowest BCUT2D eigenvalue weighted by molar-refractivity contribution is -0.134. The number of benzene rings is 1. The van der Waals surface area contributed by atoms with Gasteiger partial charge in [-0.3, -0.25) is 14.4 Å². The zero-order valence-electron chi connectivity index (χ0n) is 14.1. The van der Waals surface area contributed by atoms with Crippen LogP contribution in [0.25, 0.3) is 0 Å². The predicted molar refractivity (Wildman–Crippen MR) is 93.5 cm³/mol. The topological polar surface area (TPSA) is 112 Å². The Labute approximate surface area is 149 Å². The Morgan fingerprint density at radius 2 is 1.77 bits per heavy atom. The molecule has 0 saturated carbocycles. The standard InChI is InChI=1S/C18H19N3O5/c1-11(22)21-10-14(23)9-15(21)17(24)19-12-4-6-13(7-5-12)20-18(25)16-3-2-8-26-16/h2-8,14-15,23H,9-10H2,1H3,(H,19,24)(H,20,25)/t14-,15-/m1/s1. The Morgan fingerprint density at radius 1 is 1.12 bits per heavy atom. The molecule has 1 aliphatic rings. The van der Waals surface area contributed by atoms with E-state index >= 15 is 0 Å². The lowest BCUT2D eigenvalue weighted by Gasteiger charge is -2.22. The van der Waals surface area contributed by atoms with Crippen LogP contribution in [-0.4, -0.2) is 46.4 Å². The molecule has 3 rings (SSSR count). The highest BCUT2D eigenvalue weighted by atomic mass is 16.3. The predicted octanol–water partition coefficient (Wildman–Crippen LogP) is 1.45. The fourth-order valence-corrected chi connectivity index (χ4v) is 2.87. The van der Waals surface area contributed by atoms with Crippen LogP contribution < -0.4 is 10.6 Å². The average Bonchev–Trinajstić information content (AvgIpc) is 3.26. The van der Waals surface area contributed by atoms with E-state index < -0.39 is 12.1 Å². The smallest absolute Gasteiger partial charge is 0.291 e. The van der Waals surface area contributed by atoms with Crippen molar-refractivity contribution in [1.29, 1.82) is 0 Å². The van der Waals surface area contributed by atoms with Gasteiger partial charge in [-0.05, 0) is 36.4 Å². The molecule has 2 atom stereocenters. The second kappa shape index (κ2) is 7.40. The lowest BCUT2D eigenvalue weighted by atomic mass is 10.1. The molecular formula is C18H19N3O5. The molecule has 0 radical (unpaired) electrons. The third kappa shape index (κ3) is 3.92. The highest BCUT2D eigenvalue weighted by Crippen LogP contribution is 2.21. The van der Waals surface area contributed by atoms with Gasteiger partial charge in [0.05, 0.1) is 12.4 Å². The second-order valence-corrected chi connectivity index (χ2v) is 6.07. The Bertz CT molecular complexity index is 801. The molecule has 3 N–H and O–H groups in total. The third-order valence-corrected chi connectivity index (χ3v) is 4.14. The number of aliphatic hydroxyl groups is 1. The molecule has 8 nitrogen and oxygen atoms in total. The molecule has 136 valence electrons. The lowest BCUT2D eigenvalue weighted by Crippen LogP contribution is -2.42. The molecule has 0 spiro atoms. The summed E-state index contributed by atoms with van der Waals surface area (Å²) in [7, 11) is 0. The monoisotopic (exact) mass is 357 g/mol. The fourth-order valence-electron chi connectivity index (χ4n) is 2.87. The molecule has 8 heteroatoms. The number of carbonyl (C=O) groups excluding carboxylic acids is 3. The largest absolute Gasteiger partial charge is 0.459 e. The molecule has 1 aromatic carbocycles. The van der Waals surface area contributed by atoms with E-state index in [0.717, 1.165) is 0 Å². The van der Waals surface area contributed by atoms with Gasteiger partial charge in [0, 0.05) is 31.3 Å². The fraction of sp³-hybridized carbons (Fsp3) is 0.278. The summed E-state index contributed by atoms with van der Waals surface area (Å²) in [5.41, 5.74) is 1.07. The van der Waals surface area contributed by atoms with Crippen molar-refractivity contribution in [3.05, 3.63) is 48.4 Å². The van der Waals surface area contributed by atoms with Gasteiger partial charge in [-0.15, -0.1) is 0 Å². The zero-order chi connectivity index (χ0) is 18.7. The van der Waals surface area contributed by atoms with Gasteiger partial charge in [-0.25, -0.2) is 0 Å². The Morgan fingerprint density at radius 3 is 2.35 bits per heavy atom. The summed E-state index contributed by atoms with van der Waals surface area (Å²) in [4.78, 5) is 37.3. The number of aliphatic hydroxyl groups excluding tert-OH is 1. The molecule has 0 unspecified atom stereocenters. The van der Waals surface area contributed by atoms with E-state index in [1.807, 2.05) is 0 Å². The molecule has 2 heterocycles. The van der Waals surface area contributed by atoms with E-state index in [2.05, 4.69) is 10.6 Å². The average molecular weight is 357 g/mol. The van der Waals surface area contributed by atoms with Crippen molar-refractivity contribution in [2.45, 2.75) is 25.5 Å². The van der Waals surface area contributed by atoms with Crippen molar-refractivity contribution in [2.75, 3.05) is 17.2 Å². The van der Waals surface area contributed by atoms with Gasteiger partial charge in [0.15, 0.2) is 5.76 Å². The van der Waals surface area contributed by atoms with Crippen LogP contribution in [0.5, 0.6) is 0 Å². The van der Waals surface area contributed by atoms with Crippen LogP contribution in [-0.2, 0) is 9.59 Å². The number of nitrogens with one attached hydrogen (secondary N) is 2. The van der Waals surface area contributed by atoms with Crippen molar-refractivity contribution in [1.82, 2.24) is 4.90 Å². The molecule has 1 saturated heterocycles. The minimum Gasteiger partial charge on any atom is -0.459 e. The Balaban J connectivity index is 1.61. The molecule has 1 aliphatic heterocycles. The summed E-state index contributed by atoms with van der Waals surface area (Å²) in [5.74, 6) is -0.780. The number of hydrogen-bond acceptors (Lipinski definition) is 5. The highest BCUT2D eigenvalue weighted by molar-refractivity contribution is 6.02. The normalized spacial score (nSPS) is 19.2. The van der Waals surface area contributed by atoms with E-state index in [-0.39, 0.29) is 36.4 Å². The van der Waals surface area contributed by atoms with Crippen molar-refractivity contribution < 1.29 is 23.9 Å². The zero-order valence-corrected chi connectivity index (χ0v) is 14.1. The van der Waals surface area contributed by atoms with E-state index in [1.54, 1.807) is 36.4 Å². The van der Waals surface area contributed by atoms with Crippen LogP contribution in [0.4, 0.5) is 11.4 Å². The minimum atomic E-state index is -0.700. The highest BCUT2D eigenvalue weighted by Gasteiger charge is 2.37. The first kappa shape index (κ1) is 17.7. The first-order valence-electron chi connectivity index (χ1n) is 8.15. The molecule has 1 aromatic heterocycles. The van der Waals surface area contributed by atoms with Gasteiger partial charge >= 0.3 is 0 Å². The van der Waals surface area contributed by atoms with Gasteiger partial charge in [0.1, 0.15) is 6.04 Å². The van der Waals surface area contributed by atoms with Gasteiger partial charge in [0.25, 0.3) is 5.91 Å². The van der Waals surface area contributed by atoms with Crippen LogP contribution in [0.3, 0.4) is 0 Å². The number of nitrogens with zero attached hydrogens (tertiary/aromatic N) is 1. The first-order valence-corrected chi connectivity index (χ1v) is 8.15. The van der Waals surface area contributed by atoms with E-state index in [4.69, 9.17) is 4.42 Å². The summed E-state index contributed by atoms with van der Waals surface area (Å²) in [5, 5.41) is 15.1. The van der Waals surface area contributed by atoms with E-state index in [9.17, 15) is 19.5 Å². The van der Waals surface area contributed by atoms with Crippen molar-refractivity contribution in [3.8, 4) is 0 Å². The number of rotatable bonds is 4. The van der Waals surface area contributed by atoms with E-state index in [0.29, 0.717) is 11.4 Å². The van der Waals surface area contributed by atoms with Crippen LogP contribution in [0, 0.1) is 0 Å². The SMILES string of the molecule is CC(=O)N1C[C@H](O)C[C@@H]1C(=O)Nc1ccc(NC(=O)c2ccco2)cc1. The molecule has 0 bridgehead atoms. The van der Waals surface area contributed by atoms with E-state index in [1.165, 1.54) is 18.1 Å². The molecular weight excluding hydrogens is 338 g/mol. The van der Waals surface area contributed by atoms with Gasteiger partial charge in [0.2, 0.25) is 11.8 Å². The number of hydrogen-bond donors (Lipinski definition) is 3. The number of carbonyl (C=O) groups is 3. The Kier molecular flexibility index (Phi) is 5.04. The summed E-state index contributed by atoms with van der Waals surface area (Å²) in [6, 6.07) is 9.04. The maximum Gasteiger partial charge on any atom is 0.291 e. The third-order valence-electron chi connectivity index (χ3n) is 4.14. The number of β-amino-alcohol motifs (C(OH)–C–C–N with tert-alkyl or cyclic N) is 1.